The SMILES string of the molecule is O=[P+](S)O[P+](=O)S. The van der Waals surface area contributed by atoms with Gasteiger partial charge in [0.1, 0.15) is 28.8 Å². The fourth-order valence-electron chi connectivity index (χ4n) is 0.0598. The van der Waals surface area contributed by atoms with E-state index in [1.54, 1.807) is 0 Å². The lowest BCUT2D eigenvalue weighted by molar-refractivity contribution is 0.510. The van der Waals surface area contributed by atoms with Crippen LogP contribution in [0.1, 0.15) is 0 Å². The lowest BCUT2D eigenvalue weighted by Crippen LogP contribution is -1.44. The van der Waals surface area contributed by atoms with E-state index in [0.717, 1.165) is 0 Å². The van der Waals surface area contributed by atoms with Gasteiger partial charge in [-0.2, -0.15) is 0 Å². The first-order valence-corrected chi connectivity index (χ1v) is 5.79. The van der Waals surface area contributed by atoms with Crippen LogP contribution >= 0.6 is 39.0 Å². The van der Waals surface area contributed by atoms with E-state index in [2.05, 4.69) is 28.8 Å². The third kappa shape index (κ3) is 6.86. The molecule has 0 aliphatic heterocycles. The van der Waals surface area contributed by atoms with Gasteiger partial charge >= 0.3 is 14.5 Å². The zero-order valence-corrected chi connectivity index (χ0v) is 6.59. The summed E-state index contributed by atoms with van der Waals surface area (Å²) in [6.45, 7) is 0. The molecule has 0 fully saturated rings. The minimum atomic E-state index is -2.06. The van der Waals surface area contributed by atoms with E-state index in [1.165, 1.54) is 0 Å². The molecule has 7 heteroatoms. The van der Waals surface area contributed by atoms with E-state index in [1.807, 2.05) is 0 Å². The summed E-state index contributed by atoms with van der Waals surface area (Å²) in [5.41, 5.74) is 0. The molecule has 0 aromatic rings. The van der Waals surface area contributed by atoms with Gasteiger partial charge in [0.05, 0.1) is 0 Å². The van der Waals surface area contributed by atoms with Crippen LogP contribution in [0.5, 0.6) is 0 Å². The zero-order valence-electron chi connectivity index (χ0n) is 3.01. The van der Waals surface area contributed by atoms with Crippen LogP contribution < -0.4 is 0 Å². The maximum absolute atomic E-state index is 9.81. The summed E-state index contributed by atoms with van der Waals surface area (Å²) in [4.78, 5) is 0. The average Bonchev–Trinajstić information content (AvgIpc) is 1.27. The van der Waals surface area contributed by atoms with Gasteiger partial charge in [-0.25, -0.2) is 0 Å². The Balaban J connectivity index is 3.32. The maximum Gasteiger partial charge on any atom is 0.633 e. The van der Waals surface area contributed by atoms with Crippen molar-refractivity contribution in [3.8, 4) is 0 Å². The Morgan fingerprint density at radius 3 is 1.43 bits per heavy atom. The molecular weight excluding hydrogens is 174 g/mol. The van der Waals surface area contributed by atoms with Crippen LogP contribution in [0.3, 0.4) is 0 Å². The van der Waals surface area contributed by atoms with Crippen LogP contribution in [0.15, 0.2) is 0 Å². The normalized spacial score (nSPS) is 13.4. The summed E-state index contributed by atoms with van der Waals surface area (Å²) < 4.78 is 23.6. The van der Waals surface area contributed by atoms with Crippen molar-refractivity contribution in [2.75, 3.05) is 0 Å². The van der Waals surface area contributed by atoms with E-state index in [9.17, 15) is 9.13 Å². The number of rotatable bonds is 2. The second-order valence-corrected chi connectivity index (χ2v) is 4.12. The minimum absolute atomic E-state index is 2.06. The average molecular weight is 176 g/mol. The van der Waals surface area contributed by atoms with Gasteiger partial charge in [0.25, 0.3) is 0 Å². The highest BCUT2D eigenvalue weighted by Crippen LogP contribution is 2.43. The third-order valence-corrected chi connectivity index (χ3v) is 2.57. The first-order chi connectivity index (χ1) is 3.13. The van der Waals surface area contributed by atoms with Crippen LogP contribution in [0.2, 0.25) is 0 Å². The molecule has 3 nitrogen and oxygen atoms in total. The van der Waals surface area contributed by atoms with Crippen molar-refractivity contribution in [3.05, 3.63) is 0 Å². The molecule has 40 valence electrons. The van der Waals surface area contributed by atoms with Crippen LogP contribution in [-0.2, 0) is 13.4 Å². The minimum Gasteiger partial charge on any atom is -0.0140 e. The topological polar surface area (TPSA) is 43.4 Å². The monoisotopic (exact) mass is 176 g/mol. The van der Waals surface area contributed by atoms with Crippen molar-refractivity contribution in [1.29, 1.82) is 0 Å². The Bertz CT molecular complexity index is 87.1. The Kier molecular flexibility index (Phi) is 4.28. The van der Waals surface area contributed by atoms with Gasteiger partial charge in [-0.05, 0) is 9.13 Å². The highest BCUT2D eigenvalue weighted by Gasteiger charge is 2.27. The molecule has 0 aromatic heterocycles. The molecule has 0 aliphatic carbocycles. The van der Waals surface area contributed by atoms with Crippen molar-refractivity contribution in [2.45, 2.75) is 0 Å². The Morgan fingerprint density at radius 2 is 1.43 bits per heavy atom. The van der Waals surface area contributed by atoms with Gasteiger partial charge in [0.2, 0.25) is 0 Å². The maximum atomic E-state index is 9.81. The smallest absolute Gasteiger partial charge is 0.0140 e. The molecule has 0 radical (unpaired) electrons. The fraction of sp³-hybridized carbons (Fsp3) is 0. The second-order valence-electron chi connectivity index (χ2n) is 0.557. The van der Waals surface area contributed by atoms with Crippen LogP contribution in [-0.4, -0.2) is 0 Å². The molecule has 0 amide bonds. The zero-order chi connectivity index (χ0) is 5.86. The highest BCUT2D eigenvalue weighted by molar-refractivity contribution is 8.44. The summed E-state index contributed by atoms with van der Waals surface area (Å²) in [6, 6.07) is 0. The van der Waals surface area contributed by atoms with Crippen molar-refractivity contribution >= 4 is 39.0 Å². The predicted octanol–water partition coefficient (Wildman–Crippen LogP) is 2.18. The molecule has 0 saturated carbocycles. The summed E-state index contributed by atoms with van der Waals surface area (Å²) in [6.07, 6.45) is 0. The number of hydrogen-bond donors (Lipinski definition) is 2. The molecule has 0 N–H and O–H groups in total. The van der Waals surface area contributed by atoms with E-state index in [-0.39, 0.29) is 0 Å². The van der Waals surface area contributed by atoms with Gasteiger partial charge in [0, 0.05) is 0 Å². The predicted molar refractivity (Wildman–Crippen MR) is 34.3 cm³/mol. The second kappa shape index (κ2) is 3.81. The summed E-state index contributed by atoms with van der Waals surface area (Å²) >= 11 is 6.58. The van der Waals surface area contributed by atoms with Crippen molar-refractivity contribution in [1.82, 2.24) is 0 Å². The molecule has 2 unspecified atom stereocenters. The van der Waals surface area contributed by atoms with Gasteiger partial charge in [0.15, 0.2) is 0 Å². The van der Waals surface area contributed by atoms with E-state index < -0.39 is 14.5 Å². The summed E-state index contributed by atoms with van der Waals surface area (Å²) in [5.74, 6) is 0. The van der Waals surface area contributed by atoms with Gasteiger partial charge in [-0.3, -0.25) is 0 Å². The van der Waals surface area contributed by atoms with E-state index in [4.69, 9.17) is 0 Å². The van der Waals surface area contributed by atoms with Crippen molar-refractivity contribution < 1.29 is 13.4 Å². The summed E-state index contributed by atoms with van der Waals surface area (Å²) in [5, 5.41) is 0. The first kappa shape index (κ1) is 7.86. The molecule has 0 saturated heterocycles. The Hall–Kier alpha value is 0.860. The van der Waals surface area contributed by atoms with Gasteiger partial charge in [-0.15, -0.1) is 0 Å². The number of thiol groups is 2. The standard InChI is InChI=1S/O3P2S2/c1-4(6)3-5(2)7/p+2. The molecule has 0 spiro atoms. The third-order valence-electron chi connectivity index (χ3n) is 0.140. The Morgan fingerprint density at radius 1 is 1.14 bits per heavy atom. The molecular formula is H2O3P2S2+2. The lowest BCUT2D eigenvalue weighted by atomic mass is 15.8. The molecule has 0 rings (SSSR count). The van der Waals surface area contributed by atoms with Crippen LogP contribution in [0.4, 0.5) is 0 Å². The van der Waals surface area contributed by atoms with Crippen molar-refractivity contribution in [2.24, 2.45) is 0 Å². The molecule has 0 bridgehead atoms. The lowest BCUT2D eigenvalue weighted by Gasteiger charge is -1.51. The largest absolute Gasteiger partial charge is 0.633 e. The molecule has 7 heavy (non-hydrogen) atoms. The molecule has 0 aliphatic rings. The van der Waals surface area contributed by atoms with Gasteiger partial charge < -0.3 is 0 Å². The first-order valence-electron chi connectivity index (χ1n) is 1.13. The van der Waals surface area contributed by atoms with E-state index >= 15 is 0 Å². The van der Waals surface area contributed by atoms with Crippen LogP contribution in [0.25, 0.3) is 0 Å². The van der Waals surface area contributed by atoms with Gasteiger partial charge in [-0.1, -0.05) is 0 Å². The quantitative estimate of drug-likeness (QED) is 0.500. The van der Waals surface area contributed by atoms with Crippen molar-refractivity contribution in [3.63, 3.8) is 0 Å². The highest BCUT2D eigenvalue weighted by atomic mass is 32.7. The molecule has 2 atom stereocenters. The molecule has 0 aromatic carbocycles. The molecule has 0 heterocycles. The fourth-order valence-corrected chi connectivity index (χ4v) is 2.25. The number of hydrogen-bond acceptors (Lipinski definition) is 3. The summed E-state index contributed by atoms with van der Waals surface area (Å²) in [7, 11) is -4.11. The Labute approximate surface area is 52.9 Å². The van der Waals surface area contributed by atoms with Crippen LogP contribution in [0, 0.1) is 0 Å². The van der Waals surface area contributed by atoms with E-state index in [0.29, 0.717) is 0 Å².